The lowest BCUT2D eigenvalue weighted by Crippen LogP contribution is -2.73. The molecule has 0 radical (unpaired) electrons. The lowest BCUT2D eigenvalue weighted by Gasteiger charge is -2.60. The van der Waals surface area contributed by atoms with Gasteiger partial charge in [0.05, 0.1) is 48.1 Å². The fourth-order valence-corrected chi connectivity index (χ4v) is 10.1. The van der Waals surface area contributed by atoms with Crippen LogP contribution in [0.25, 0.3) is 0 Å². The molecular weight excluding hydrogens is 599 g/mol. The molecule has 7 aliphatic rings. The van der Waals surface area contributed by atoms with Gasteiger partial charge in [0.2, 0.25) is 0 Å². The number of hydrogen-bond acceptors (Lipinski definition) is 9. The zero-order valence-electron chi connectivity index (χ0n) is 29.0. The third-order valence-electron chi connectivity index (χ3n) is 12.6. The highest BCUT2D eigenvalue weighted by Crippen LogP contribution is 2.52. The van der Waals surface area contributed by atoms with E-state index in [0.29, 0.717) is 24.5 Å². The number of ether oxygens (including phenoxy) is 2. The number of unbranched alkanes of at least 4 members (excludes halogenated alkanes) is 1. The minimum Gasteiger partial charge on any atom is -0.374 e. The summed E-state index contributed by atoms with van der Waals surface area (Å²) >= 11 is 0. The monoisotopic (exact) mass is 658 g/mol. The van der Waals surface area contributed by atoms with Crippen molar-refractivity contribution in [2.75, 3.05) is 73.5 Å². The number of carbonyl (C=O) groups excluding carboxylic acids is 2. The Morgan fingerprint density at radius 1 is 0.957 bits per heavy atom. The number of likely N-dealkylation sites (N-methyl/N-ethyl adjacent to an activating group) is 1. The van der Waals surface area contributed by atoms with Crippen molar-refractivity contribution in [1.29, 1.82) is 0 Å². The quantitative estimate of drug-likeness (QED) is 0.256. The predicted octanol–water partition coefficient (Wildman–Crippen LogP) is 2.04. The van der Waals surface area contributed by atoms with Gasteiger partial charge in [-0.05, 0) is 104 Å². The molecule has 11 atom stereocenters. The third kappa shape index (κ3) is 7.04. The van der Waals surface area contributed by atoms with E-state index in [1.807, 2.05) is 20.3 Å². The first-order chi connectivity index (χ1) is 22.8. The Morgan fingerprint density at radius 2 is 1.77 bits per heavy atom. The molecule has 0 bridgehead atoms. The molecule has 3 saturated carbocycles. The molecule has 10 nitrogen and oxygen atoms in total. The Labute approximate surface area is 281 Å². The van der Waals surface area contributed by atoms with Crippen molar-refractivity contribution in [1.82, 2.24) is 30.2 Å². The van der Waals surface area contributed by atoms with Crippen LogP contribution in [0.3, 0.4) is 0 Å². The number of carbonyl (C=O) groups is 2. The van der Waals surface area contributed by atoms with Gasteiger partial charge in [0.25, 0.3) is 5.91 Å². The van der Waals surface area contributed by atoms with Crippen LogP contribution in [0.5, 0.6) is 0 Å². The van der Waals surface area contributed by atoms with Crippen LogP contribution in [0, 0.1) is 17.8 Å². The molecule has 47 heavy (non-hydrogen) atoms. The van der Waals surface area contributed by atoms with Crippen molar-refractivity contribution in [2.24, 2.45) is 17.8 Å². The first-order valence-electron chi connectivity index (χ1n) is 18.8. The Hall–Kier alpha value is -1.63. The number of halogens is 1. The zero-order chi connectivity index (χ0) is 32.7. The zero-order valence-corrected chi connectivity index (χ0v) is 29.0. The van der Waals surface area contributed by atoms with Crippen LogP contribution in [-0.2, 0) is 19.1 Å². The number of amides is 1. The third-order valence-corrected chi connectivity index (χ3v) is 12.6. The molecule has 2 N–H and O–H groups in total. The highest BCUT2D eigenvalue weighted by atomic mass is 19.1. The van der Waals surface area contributed by atoms with Gasteiger partial charge in [-0.1, -0.05) is 12.8 Å². The second-order valence-electron chi connectivity index (χ2n) is 16.0. The van der Waals surface area contributed by atoms with Crippen LogP contribution in [0.2, 0.25) is 0 Å². The topological polar surface area (TPSA) is 89.6 Å². The molecule has 1 amide bonds. The van der Waals surface area contributed by atoms with Gasteiger partial charge in [-0.3, -0.25) is 9.59 Å². The molecule has 4 heterocycles. The minimum absolute atomic E-state index is 0.0187. The molecule has 7 rings (SSSR count). The maximum absolute atomic E-state index is 16.3. The van der Waals surface area contributed by atoms with Gasteiger partial charge >= 0.3 is 0 Å². The second-order valence-corrected chi connectivity index (χ2v) is 16.0. The predicted molar refractivity (Wildman–Crippen MR) is 179 cm³/mol. The summed E-state index contributed by atoms with van der Waals surface area (Å²) in [7, 11) is 6.25. The number of rotatable bonds is 11. The molecule has 11 heteroatoms. The first kappa shape index (κ1) is 33.8. The number of hydrogen-bond donors (Lipinski definition) is 2. The first-order valence-corrected chi connectivity index (χ1v) is 18.8. The summed E-state index contributed by atoms with van der Waals surface area (Å²) in [6.07, 6.45) is 10.1. The van der Waals surface area contributed by atoms with E-state index in [0.717, 1.165) is 84.3 Å². The summed E-state index contributed by atoms with van der Waals surface area (Å²) in [4.78, 5) is 36.8. The number of Topliss-reactive ketones (excluding diaryl/α,β-unsaturated/α-hetero) is 1. The van der Waals surface area contributed by atoms with Crippen molar-refractivity contribution < 1.29 is 23.5 Å². The van der Waals surface area contributed by atoms with Gasteiger partial charge in [0.1, 0.15) is 6.17 Å². The fourth-order valence-electron chi connectivity index (χ4n) is 10.1. The lowest BCUT2D eigenvalue weighted by atomic mass is 9.67. The molecule has 4 aliphatic heterocycles. The molecule has 0 aromatic heterocycles. The Bertz CT molecular complexity index is 1150. The van der Waals surface area contributed by atoms with E-state index in [-0.39, 0.29) is 48.0 Å². The van der Waals surface area contributed by atoms with E-state index in [2.05, 4.69) is 37.3 Å². The van der Waals surface area contributed by atoms with E-state index in [4.69, 9.17) is 9.47 Å². The molecule has 11 unspecified atom stereocenters. The standard InChI is InChI=1S/C36H59FN6O4/c1-40(2)13-7-6-11-39-36(45)26-22-43-28-21-30-24(23-9-4-5-10-29(23)46-30)20-31(28)47-35-32(27(37)19-25(33(35)43)34(26)44)38-12-8-14-42-17-15-41(3)16-18-42/h22-25,27-33,35,38H,4-21H2,1-3H3,(H,39,45). The summed E-state index contributed by atoms with van der Waals surface area (Å²) < 4.78 is 30.0. The van der Waals surface area contributed by atoms with Crippen LogP contribution >= 0.6 is 0 Å². The van der Waals surface area contributed by atoms with Crippen LogP contribution in [0.15, 0.2) is 11.8 Å². The van der Waals surface area contributed by atoms with Gasteiger partial charge in [-0.2, -0.15) is 0 Å². The lowest BCUT2D eigenvalue weighted by molar-refractivity contribution is -0.209. The summed E-state index contributed by atoms with van der Waals surface area (Å²) in [6.45, 7) is 7.53. The smallest absolute Gasteiger partial charge is 0.256 e. The van der Waals surface area contributed by atoms with Gasteiger partial charge in [0, 0.05) is 44.8 Å². The molecule has 3 saturated heterocycles. The molecule has 6 fully saturated rings. The molecule has 0 spiro atoms. The number of fused-ring (bicyclic) bond motifs is 5. The van der Waals surface area contributed by atoms with Gasteiger partial charge < -0.3 is 39.7 Å². The average molecular weight is 659 g/mol. The minimum atomic E-state index is -1.21. The maximum atomic E-state index is 16.3. The number of nitrogens with one attached hydrogen (secondary N) is 2. The molecule has 0 aromatic carbocycles. The average Bonchev–Trinajstić information content (AvgIpc) is 3.42. The van der Waals surface area contributed by atoms with E-state index >= 15 is 4.39 Å². The Morgan fingerprint density at radius 3 is 2.57 bits per heavy atom. The molecular formula is C36H59FN6O4. The van der Waals surface area contributed by atoms with E-state index in [9.17, 15) is 9.59 Å². The summed E-state index contributed by atoms with van der Waals surface area (Å²) in [6, 6.07) is -0.728. The Kier molecular flexibility index (Phi) is 10.6. The largest absolute Gasteiger partial charge is 0.374 e. The van der Waals surface area contributed by atoms with E-state index in [1.165, 1.54) is 19.3 Å². The highest BCUT2D eigenvalue weighted by Gasteiger charge is 2.61. The molecule has 3 aliphatic carbocycles. The van der Waals surface area contributed by atoms with Crippen molar-refractivity contribution >= 4 is 11.7 Å². The normalized spacial score (nSPS) is 40.4. The van der Waals surface area contributed by atoms with Crippen molar-refractivity contribution in [3.63, 3.8) is 0 Å². The summed E-state index contributed by atoms with van der Waals surface area (Å²) in [5, 5.41) is 6.60. The number of piperazine rings is 1. The second kappa shape index (κ2) is 14.7. The fraction of sp³-hybridized carbons (Fsp3) is 0.889. The maximum Gasteiger partial charge on any atom is 0.256 e. The molecule has 0 aromatic rings. The molecule has 264 valence electrons. The van der Waals surface area contributed by atoms with Gasteiger partial charge in [0.15, 0.2) is 5.78 Å². The highest BCUT2D eigenvalue weighted by molar-refractivity contribution is 6.20. The number of morpholine rings is 1. The van der Waals surface area contributed by atoms with Crippen molar-refractivity contribution in [3.05, 3.63) is 11.8 Å². The SMILES string of the molecule is CN(C)CCCCNC(=O)C1=CN2C3CC4OC5CCCCC5C4CC3OC3C(NCCCN4CCN(C)CC4)C(F)CC(C1=O)C32. The summed E-state index contributed by atoms with van der Waals surface area (Å²) in [5.41, 5.74) is 0.187. The summed E-state index contributed by atoms with van der Waals surface area (Å²) in [5.74, 6) is -0.0937. The number of alkyl halides is 1. The van der Waals surface area contributed by atoms with Crippen LogP contribution < -0.4 is 10.6 Å². The van der Waals surface area contributed by atoms with E-state index < -0.39 is 24.2 Å². The van der Waals surface area contributed by atoms with Crippen molar-refractivity contribution in [2.45, 2.75) is 113 Å². The number of ketones is 1. The van der Waals surface area contributed by atoms with Crippen molar-refractivity contribution in [3.8, 4) is 0 Å². The van der Waals surface area contributed by atoms with Crippen LogP contribution in [0.1, 0.15) is 64.2 Å². The van der Waals surface area contributed by atoms with Gasteiger partial charge in [-0.25, -0.2) is 4.39 Å². The van der Waals surface area contributed by atoms with Crippen LogP contribution in [0.4, 0.5) is 4.39 Å². The van der Waals surface area contributed by atoms with Gasteiger partial charge in [-0.15, -0.1) is 0 Å². The Balaban J connectivity index is 1.08. The van der Waals surface area contributed by atoms with E-state index in [1.54, 1.807) is 0 Å². The van der Waals surface area contributed by atoms with Crippen LogP contribution in [-0.4, -0.2) is 154 Å². The number of nitrogens with zero attached hydrogens (tertiary/aromatic N) is 4.